The van der Waals surface area contributed by atoms with Crippen LogP contribution in [0.4, 0.5) is 0 Å². The van der Waals surface area contributed by atoms with E-state index in [0.29, 0.717) is 19.3 Å². The topological polar surface area (TPSA) is 83.5 Å². The molecule has 0 radical (unpaired) electrons. The van der Waals surface area contributed by atoms with Gasteiger partial charge in [0.05, 0.1) is 17.4 Å². The van der Waals surface area contributed by atoms with Gasteiger partial charge in [0.15, 0.2) is 9.84 Å². The first-order valence-corrected chi connectivity index (χ1v) is 10.5. The second kappa shape index (κ2) is 10.1. The van der Waals surface area contributed by atoms with Gasteiger partial charge in [-0.15, -0.1) is 0 Å². The molecule has 6 heteroatoms. The van der Waals surface area contributed by atoms with Gasteiger partial charge >= 0.3 is 0 Å². The molecule has 0 aliphatic rings. The van der Waals surface area contributed by atoms with Crippen molar-refractivity contribution in [3.63, 3.8) is 0 Å². The van der Waals surface area contributed by atoms with Crippen LogP contribution in [0.5, 0.6) is 0 Å². The lowest BCUT2D eigenvalue weighted by molar-refractivity contribution is -0.132. The van der Waals surface area contributed by atoms with Crippen molar-refractivity contribution in [3.8, 4) is 0 Å². The summed E-state index contributed by atoms with van der Waals surface area (Å²) in [5.74, 6) is -1.64. The van der Waals surface area contributed by atoms with E-state index < -0.39 is 21.7 Å². The molecule has 0 fully saturated rings. The third-order valence-electron chi connectivity index (χ3n) is 4.34. The lowest BCUT2D eigenvalue weighted by Crippen LogP contribution is -2.33. The predicted molar refractivity (Wildman–Crippen MR) is 102 cm³/mol. The highest BCUT2D eigenvalue weighted by atomic mass is 32.2. The van der Waals surface area contributed by atoms with Gasteiger partial charge in [-0.1, -0.05) is 60.7 Å². The summed E-state index contributed by atoms with van der Waals surface area (Å²) in [4.78, 5) is 11.9. The second-order valence-electron chi connectivity index (χ2n) is 6.40. The van der Waals surface area contributed by atoms with Gasteiger partial charge in [0, 0.05) is 0 Å². The van der Waals surface area contributed by atoms with Crippen LogP contribution in [0.2, 0.25) is 0 Å². The van der Waals surface area contributed by atoms with Crippen LogP contribution in [-0.4, -0.2) is 31.0 Å². The summed E-state index contributed by atoms with van der Waals surface area (Å²) >= 11 is 0. The maximum Gasteiger partial charge on any atom is 0.247 e. The molecule has 0 saturated heterocycles. The summed E-state index contributed by atoms with van der Waals surface area (Å²) in [5.41, 5.74) is 3.70. The highest BCUT2D eigenvalue weighted by molar-refractivity contribution is 7.91. The van der Waals surface area contributed by atoms with Crippen molar-refractivity contribution >= 4 is 15.7 Å². The van der Waals surface area contributed by atoms with Crippen molar-refractivity contribution in [3.05, 3.63) is 71.8 Å². The highest BCUT2D eigenvalue weighted by Gasteiger charge is 2.25. The number of carbonyl (C=O) groups is 1. The smallest absolute Gasteiger partial charge is 0.247 e. The van der Waals surface area contributed by atoms with Gasteiger partial charge in [0.1, 0.15) is 0 Å². The van der Waals surface area contributed by atoms with Crippen LogP contribution in [0.1, 0.15) is 24.0 Å². The fourth-order valence-electron chi connectivity index (χ4n) is 2.89. The minimum absolute atomic E-state index is 0.00902. The first-order valence-electron chi connectivity index (χ1n) is 8.72. The zero-order valence-electron chi connectivity index (χ0n) is 14.7. The molecular formula is C20H25NO4S. The van der Waals surface area contributed by atoms with E-state index in [-0.39, 0.29) is 11.5 Å². The van der Waals surface area contributed by atoms with E-state index in [2.05, 4.69) is 0 Å². The van der Waals surface area contributed by atoms with Crippen LogP contribution in [0.25, 0.3) is 0 Å². The summed E-state index contributed by atoms with van der Waals surface area (Å²) in [6, 6.07) is 19.2. The molecule has 0 spiro atoms. The fraction of sp³-hybridized carbons (Fsp3) is 0.350. The number of nitrogens with one attached hydrogen (secondary N) is 1. The Bertz CT molecular complexity index is 776. The third-order valence-corrected chi connectivity index (χ3v) is 6.08. The fourth-order valence-corrected chi connectivity index (χ4v) is 4.53. The van der Waals surface area contributed by atoms with Crippen molar-refractivity contribution < 1.29 is 18.4 Å². The van der Waals surface area contributed by atoms with Crippen LogP contribution in [-0.2, 0) is 27.5 Å². The van der Waals surface area contributed by atoms with Gasteiger partial charge in [-0.3, -0.25) is 10.0 Å². The number of amides is 1. The Morgan fingerprint density at radius 3 is 2.00 bits per heavy atom. The average molecular weight is 375 g/mol. The molecule has 2 aromatic rings. The zero-order valence-corrected chi connectivity index (χ0v) is 15.5. The molecule has 0 bridgehead atoms. The van der Waals surface area contributed by atoms with Crippen molar-refractivity contribution in [2.45, 2.75) is 25.7 Å². The van der Waals surface area contributed by atoms with Gasteiger partial charge in [-0.2, -0.15) is 0 Å². The predicted octanol–water partition coefficient (Wildman–Crippen LogP) is 2.79. The summed E-state index contributed by atoms with van der Waals surface area (Å²) in [5, 5.41) is 8.93. The van der Waals surface area contributed by atoms with E-state index in [0.717, 1.165) is 17.5 Å². The molecule has 0 heterocycles. The van der Waals surface area contributed by atoms with Crippen LogP contribution in [0.15, 0.2) is 60.7 Å². The number of hydroxylamine groups is 1. The average Bonchev–Trinajstić information content (AvgIpc) is 2.66. The number of benzene rings is 2. The summed E-state index contributed by atoms with van der Waals surface area (Å²) in [6.07, 6.45) is 2.27. The molecule has 0 aliphatic heterocycles. The summed E-state index contributed by atoms with van der Waals surface area (Å²) in [7, 11) is -3.40. The lowest BCUT2D eigenvalue weighted by atomic mass is 10.0. The number of aryl methyl sites for hydroxylation is 2. The molecule has 1 atom stereocenters. The van der Waals surface area contributed by atoms with Crippen molar-refractivity contribution in [2.75, 3.05) is 11.5 Å². The van der Waals surface area contributed by atoms with Gasteiger partial charge in [-0.05, 0) is 36.8 Å². The number of sulfone groups is 1. The van der Waals surface area contributed by atoms with Gasteiger partial charge in [-0.25, -0.2) is 13.9 Å². The number of hydrogen-bond acceptors (Lipinski definition) is 4. The van der Waals surface area contributed by atoms with Crippen LogP contribution < -0.4 is 5.48 Å². The zero-order chi connectivity index (χ0) is 18.8. The molecule has 5 nitrogen and oxygen atoms in total. The molecule has 1 unspecified atom stereocenters. The minimum atomic E-state index is -3.40. The lowest BCUT2D eigenvalue weighted by Gasteiger charge is -2.15. The van der Waals surface area contributed by atoms with Crippen molar-refractivity contribution in [1.29, 1.82) is 0 Å². The quantitative estimate of drug-likeness (QED) is 0.494. The second-order valence-corrected chi connectivity index (χ2v) is 8.63. The maximum atomic E-state index is 12.4. The van der Waals surface area contributed by atoms with Crippen molar-refractivity contribution in [1.82, 2.24) is 5.48 Å². The monoisotopic (exact) mass is 375 g/mol. The first-order chi connectivity index (χ1) is 12.5. The highest BCUT2D eigenvalue weighted by Crippen LogP contribution is 2.15. The Labute approximate surface area is 154 Å². The minimum Gasteiger partial charge on any atom is -0.289 e. The van der Waals surface area contributed by atoms with Crippen LogP contribution in [0, 0.1) is 5.92 Å². The Hall–Kier alpha value is -2.18. The molecule has 140 valence electrons. The molecule has 2 rings (SSSR count). The Morgan fingerprint density at radius 1 is 0.923 bits per heavy atom. The van der Waals surface area contributed by atoms with E-state index >= 15 is 0 Å². The summed E-state index contributed by atoms with van der Waals surface area (Å²) < 4.78 is 24.8. The largest absolute Gasteiger partial charge is 0.289 e. The SMILES string of the molecule is O=C(NO)C(CCCc1ccccc1)CS(=O)(=O)CCc1ccccc1. The molecule has 2 aromatic carbocycles. The maximum absolute atomic E-state index is 12.4. The van der Waals surface area contributed by atoms with Crippen LogP contribution in [0.3, 0.4) is 0 Å². The van der Waals surface area contributed by atoms with Gasteiger partial charge in [0.25, 0.3) is 0 Å². The van der Waals surface area contributed by atoms with E-state index in [1.54, 1.807) is 5.48 Å². The molecule has 1 amide bonds. The van der Waals surface area contributed by atoms with Gasteiger partial charge < -0.3 is 0 Å². The van der Waals surface area contributed by atoms with E-state index in [4.69, 9.17) is 5.21 Å². The van der Waals surface area contributed by atoms with Crippen molar-refractivity contribution in [2.24, 2.45) is 5.92 Å². The van der Waals surface area contributed by atoms with E-state index in [1.165, 1.54) is 0 Å². The number of rotatable bonds is 10. The Balaban J connectivity index is 1.89. The van der Waals surface area contributed by atoms with Crippen LogP contribution >= 0.6 is 0 Å². The molecule has 2 N–H and O–H groups in total. The van der Waals surface area contributed by atoms with E-state index in [1.807, 2.05) is 60.7 Å². The number of hydrogen-bond donors (Lipinski definition) is 2. The molecule has 0 aromatic heterocycles. The third kappa shape index (κ3) is 6.98. The molecule has 0 aliphatic carbocycles. The number of carbonyl (C=O) groups excluding carboxylic acids is 1. The van der Waals surface area contributed by atoms with E-state index in [9.17, 15) is 13.2 Å². The normalized spacial score (nSPS) is 12.5. The Morgan fingerprint density at radius 2 is 1.46 bits per heavy atom. The van der Waals surface area contributed by atoms with Gasteiger partial charge in [0.2, 0.25) is 5.91 Å². The standard InChI is InChI=1S/C20H25NO4S/c22-20(21-23)19(13-7-12-17-8-3-1-4-9-17)16-26(24,25)15-14-18-10-5-2-6-11-18/h1-6,8-11,19,23H,7,12-16H2,(H,21,22). The molecule has 26 heavy (non-hydrogen) atoms. The molecule has 0 saturated carbocycles. The molecular weight excluding hydrogens is 350 g/mol. The first kappa shape index (κ1) is 20.1. The Kier molecular flexibility index (Phi) is 7.81. The summed E-state index contributed by atoms with van der Waals surface area (Å²) in [6.45, 7) is 0.